The van der Waals surface area contributed by atoms with Gasteiger partial charge in [0.25, 0.3) is 0 Å². The van der Waals surface area contributed by atoms with Gasteiger partial charge in [-0.3, -0.25) is 0 Å². The van der Waals surface area contributed by atoms with Crippen LogP contribution in [0.3, 0.4) is 0 Å². The van der Waals surface area contributed by atoms with E-state index in [1.807, 2.05) is 0 Å². The van der Waals surface area contributed by atoms with Crippen molar-refractivity contribution in [2.45, 2.75) is 19.4 Å². The van der Waals surface area contributed by atoms with Crippen LogP contribution in [0.15, 0.2) is 42.7 Å². The van der Waals surface area contributed by atoms with Gasteiger partial charge in [0.05, 0.1) is 13.2 Å². The predicted octanol–water partition coefficient (Wildman–Crippen LogP) is 2.66. The van der Waals surface area contributed by atoms with Gasteiger partial charge in [0.2, 0.25) is 0 Å². The fourth-order valence-electron chi connectivity index (χ4n) is 4.22. The lowest BCUT2D eigenvalue weighted by molar-refractivity contribution is 0.122. The number of hydrogen-bond acceptors (Lipinski definition) is 6. The molecule has 0 amide bonds. The largest absolute Gasteiger partial charge is 0.378 e. The maximum absolute atomic E-state index is 5.45. The third-order valence-electron chi connectivity index (χ3n) is 5.78. The van der Waals surface area contributed by atoms with Crippen molar-refractivity contribution in [2.75, 3.05) is 62.8 Å². The molecule has 2 saturated heterocycles. The molecule has 0 atom stereocenters. The lowest BCUT2D eigenvalue weighted by Gasteiger charge is -2.35. The van der Waals surface area contributed by atoms with Gasteiger partial charge >= 0.3 is 0 Å². The van der Waals surface area contributed by atoms with E-state index in [0.717, 1.165) is 70.0 Å². The molecule has 0 radical (unpaired) electrons. The molecule has 2 aliphatic heterocycles. The Hall–Kier alpha value is -2.18. The van der Waals surface area contributed by atoms with Gasteiger partial charge in [-0.2, -0.15) is 0 Å². The average Bonchev–Trinajstić information content (AvgIpc) is 2.76. The zero-order valence-electron chi connectivity index (χ0n) is 16.8. The summed E-state index contributed by atoms with van der Waals surface area (Å²) in [5.41, 5.74) is 1.39. The summed E-state index contributed by atoms with van der Waals surface area (Å²) in [6.07, 6.45) is 4.14. The third-order valence-corrected chi connectivity index (χ3v) is 5.78. The van der Waals surface area contributed by atoms with Gasteiger partial charge in [-0.15, -0.1) is 0 Å². The number of anilines is 2. The minimum Gasteiger partial charge on any atom is -0.378 e. The molecule has 6 heteroatoms. The van der Waals surface area contributed by atoms with Crippen LogP contribution in [0.4, 0.5) is 11.6 Å². The number of piperidine rings is 1. The van der Waals surface area contributed by atoms with Gasteiger partial charge in [0.15, 0.2) is 0 Å². The van der Waals surface area contributed by atoms with Crippen LogP contribution in [0.1, 0.15) is 18.4 Å². The number of aromatic nitrogens is 2. The fraction of sp³-hybridized carbons (Fsp3) is 0.545. The van der Waals surface area contributed by atoms with Gasteiger partial charge in [0, 0.05) is 45.3 Å². The second kappa shape index (κ2) is 9.34. The standard InChI is InChI=1S/C22H31N5O/c1-25(16-19-5-3-2-4-6-19)17-20-7-9-26(10-8-20)21-15-22(24-18-23-21)27-11-13-28-14-12-27/h2-6,15,18,20H,7-14,16-17H2,1H3. The minimum atomic E-state index is 0.755. The fourth-order valence-corrected chi connectivity index (χ4v) is 4.22. The molecular weight excluding hydrogens is 350 g/mol. The molecule has 0 unspecified atom stereocenters. The SMILES string of the molecule is CN(Cc1ccccc1)CC1CCN(c2cc(N3CCOCC3)ncn2)CC1. The van der Waals surface area contributed by atoms with Crippen LogP contribution in [-0.4, -0.2) is 67.9 Å². The predicted molar refractivity (Wildman–Crippen MR) is 113 cm³/mol. The first-order chi connectivity index (χ1) is 13.8. The van der Waals surface area contributed by atoms with Crippen molar-refractivity contribution in [3.63, 3.8) is 0 Å². The monoisotopic (exact) mass is 381 g/mol. The molecule has 1 aromatic heterocycles. The number of ether oxygens (including phenoxy) is 1. The maximum atomic E-state index is 5.45. The Kier molecular flexibility index (Phi) is 6.39. The molecule has 4 rings (SSSR count). The number of nitrogens with zero attached hydrogens (tertiary/aromatic N) is 5. The number of morpholine rings is 1. The van der Waals surface area contributed by atoms with Gasteiger partial charge in [-0.1, -0.05) is 30.3 Å². The van der Waals surface area contributed by atoms with E-state index in [1.54, 1.807) is 6.33 Å². The summed E-state index contributed by atoms with van der Waals surface area (Å²) in [6.45, 7) is 7.70. The topological polar surface area (TPSA) is 44.7 Å². The van der Waals surface area contributed by atoms with Crippen molar-refractivity contribution in [3.8, 4) is 0 Å². The van der Waals surface area contributed by atoms with E-state index in [4.69, 9.17) is 4.74 Å². The number of rotatable bonds is 6. The van der Waals surface area contributed by atoms with Gasteiger partial charge in [-0.25, -0.2) is 9.97 Å². The molecular formula is C22H31N5O. The number of benzene rings is 1. The smallest absolute Gasteiger partial charge is 0.134 e. The Morgan fingerprint density at radius 1 is 0.964 bits per heavy atom. The molecule has 28 heavy (non-hydrogen) atoms. The van der Waals surface area contributed by atoms with Crippen molar-refractivity contribution in [1.29, 1.82) is 0 Å². The van der Waals surface area contributed by atoms with E-state index >= 15 is 0 Å². The van der Waals surface area contributed by atoms with Crippen molar-refractivity contribution >= 4 is 11.6 Å². The van der Waals surface area contributed by atoms with Gasteiger partial charge in [0.1, 0.15) is 18.0 Å². The van der Waals surface area contributed by atoms with E-state index in [2.05, 4.69) is 68.1 Å². The second-order valence-corrected chi connectivity index (χ2v) is 7.95. The number of hydrogen-bond donors (Lipinski definition) is 0. The van der Waals surface area contributed by atoms with Crippen LogP contribution in [-0.2, 0) is 11.3 Å². The Morgan fingerprint density at radius 2 is 1.61 bits per heavy atom. The molecule has 2 fully saturated rings. The molecule has 0 saturated carbocycles. The van der Waals surface area contributed by atoms with Crippen LogP contribution in [0.5, 0.6) is 0 Å². The quantitative estimate of drug-likeness (QED) is 0.767. The summed E-state index contributed by atoms with van der Waals surface area (Å²) in [6, 6.07) is 12.9. The van der Waals surface area contributed by atoms with E-state index < -0.39 is 0 Å². The molecule has 6 nitrogen and oxygen atoms in total. The molecule has 0 aliphatic carbocycles. The minimum absolute atomic E-state index is 0.755. The molecule has 0 N–H and O–H groups in total. The van der Waals surface area contributed by atoms with Crippen LogP contribution in [0.25, 0.3) is 0 Å². The van der Waals surface area contributed by atoms with E-state index in [-0.39, 0.29) is 0 Å². The van der Waals surface area contributed by atoms with E-state index in [1.165, 1.54) is 18.4 Å². The molecule has 2 aromatic rings. The summed E-state index contributed by atoms with van der Waals surface area (Å²) < 4.78 is 5.45. The highest BCUT2D eigenvalue weighted by atomic mass is 16.5. The van der Waals surface area contributed by atoms with Crippen LogP contribution in [0, 0.1) is 5.92 Å². The highest BCUT2D eigenvalue weighted by Gasteiger charge is 2.22. The van der Waals surface area contributed by atoms with Crippen LogP contribution in [0.2, 0.25) is 0 Å². The summed E-state index contributed by atoms with van der Waals surface area (Å²) in [5, 5.41) is 0. The van der Waals surface area contributed by atoms with Crippen molar-refractivity contribution in [3.05, 3.63) is 48.3 Å². The maximum Gasteiger partial charge on any atom is 0.134 e. The normalized spacial score (nSPS) is 18.6. The first-order valence-electron chi connectivity index (χ1n) is 10.4. The summed E-state index contributed by atoms with van der Waals surface area (Å²) >= 11 is 0. The molecule has 2 aliphatic rings. The van der Waals surface area contributed by atoms with E-state index in [9.17, 15) is 0 Å². The van der Waals surface area contributed by atoms with Crippen LogP contribution >= 0.6 is 0 Å². The zero-order chi connectivity index (χ0) is 19.2. The summed E-state index contributed by atoms with van der Waals surface area (Å²) in [7, 11) is 2.23. The Balaban J connectivity index is 1.28. The molecule has 0 spiro atoms. The van der Waals surface area contributed by atoms with Gasteiger partial charge in [-0.05, 0) is 31.4 Å². The Labute approximate surface area is 168 Å². The van der Waals surface area contributed by atoms with Gasteiger partial charge < -0.3 is 19.4 Å². The highest BCUT2D eigenvalue weighted by Crippen LogP contribution is 2.25. The molecule has 0 bridgehead atoms. The van der Waals surface area contributed by atoms with Crippen molar-refractivity contribution in [2.24, 2.45) is 5.92 Å². The first-order valence-corrected chi connectivity index (χ1v) is 10.4. The lowest BCUT2D eigenvalue weighted by Crippen LogP contribution is -2.39. The lowest BCUT2D eigenvalue weighted by atomic mass is 9.96. The molecule has 150 valence electrons. The van der Waals surface area contributed by atoms with Crippen LogP contribution < -0.4 is 9.80 Å². The average molecular weight is 382 g/mol. The molecule has 1 aromatic carbocycles. The van der Waals surface area contributed by atoms with Crippen molar-refractivity contribution < 1.29 is 4.74 Å². The Bertz CT molecular complexity index is 727. The Morgan fingerprint density at radius 3 is 2.29 bits per heavy atom. The second-order valence-electron chi connectivity index (χ2n) is 7.95. The third kappa shape index (κ3) is 5.00. The molecule has 3 heterocycles. The summed E-state index contributed by atoms with van der Waals surface area (Å²) in [5.74, 6) is 2.84. The first kappa shape index (κ1) is 19.2. The van der Waals surface area contributed by atoms with E-state index in [0.29, 0.717) is 0 Å². The zero-order valence-corrected chi connectivity index (χ0v) is 16.8. The van der Waals surface area contributed by atoms with Crippen molar-refractivity contribution in [1.82, 2.24) is 14.9 Å². The highest BCUT2D eigenvalue weighted by molar-refractivity contribution is 5.50. The summed E-state index contributed by atoms with van der Waals surface area (Å²) in [4.78, 5) is 16.2.